The van der Waals surface area contributed by atoms with E-state index >= 15 is 0 Å². The molecule has 0 radical (unpaired) electrons. The van der Waals surface area contributed by atoms with Crippen molar-refractivity contribution in [3.05, 3.63) is 42.5 Å². The van der Waals surface area contributed by atoms with E-state index in [4.69, 9.17) is 16.0 Å². The molecule has 2 aromatic heterocycles. The molecule has 0 saturated carbocycles. The van der Waals surface area contributed by atoms with Gasteiger partial charge >= 0.3 is 5.69 Å². The number of nitrogens with zero attached hydrogens (tertiary/aromatic N) is 3. The van der Waals surface area contributed by atoms with Crippen LogP contribution in [0.5, 0.6) is 0 Å². The highest BCUT2D eigenvalue weighted by atomic mass is 32.1. The molecule has 0 unspecified atom stereocenters. The largest absolute Gasteiger partial charge is 0.402 e. The Morgan fingerprint density at radius 3 is 2.41 bits per heavy atom. The summed E-state index contributed by atoms with van der Waals surface area (Å²) in [6.07, 6.45) is 0.996. The Labute approximate surface area is 203 Å². The molecule has 34 heavy (non-hydrogen) atoms. The molecule has 0 bridgehead atoms. The monoisotopic (exact) mass is 490 g/mol. The van der Waals surface area contributed by atoms with Gasteiger partial charge in [-0.2, -0.15) is 0 Å². The molecule has 0 spiro atoms. The molecule has 1 aliphatic rings. The Morgan fingerprint density at radius 1 is 1.26 bits per heavy atom. The number of amides is 1. The molecule has 4 N–H and O–H groups in total. The van der Waals surface area contributed by atoms with Gasteiger partial charge in [0, 0.05) is 41.6 Å². The Bertz CT molecular complexity index is 1280. The summed E-state index contributed by atoms with van der Waals surface area (Å²) in [6.45, 7) is 13.1. The second-order valence-corrected chi connectivity index (χ2v) is 11.4. The van der Waals surface area contributed by atoms with Crippen LogP contribution >= 0.6 is 11.3 Å². The van der Waals surface area contributed by atoms with E-state index in [9.17, 15) is 14.4 Å². The number of nitrogens with two attached hydrogens (primary N) is 2. The smallest absolute Gasteiger partial charge is 0.331 e. The van der Waals surface area contributed by atoms with Gasteiger partial charge in [-0.25, -0.2) is 9.86 Å². The normalized spacial score (nSPS) is 15.4. The van der Waals surface area contributed by atoms with E-state index in [1.54, 1.807) is 11.5 Å². The summed E-state index contributed by atoms with van der Waals surface area (Å²) >= 11 is 1.28. The lowest BCUT2D eigenvalue weighted by molar-refractivity contribution is -0.122. The van der Waals surface area contributed by atoms with Crippen molar-refractivity contribution in [2.75, 3.05) is 13.2 Å². The Balaban J connectivity index is 2.35. The number of aromatic nitrogens is 2. The van der Waals surface area contributed by atoms with E-state index < -0.39 is 11.2 Å². The van der Waals surface area contributed by atoms with Gasteiger partial charge in [-0.1, -0.05) is 34.6 Å². The molecule has 9 nitrogen and oxygen atoms in total. The SMILES string of the molecule is C/C(N)=C(\Cc1sc2c(c1C(=O)N1CCCO1)c(=O)n(C)c(=O)n2CC(C)C)C(=[NH2+])C(C)(C)C. The van der Waals surface area contributed by atoms with Gasteiger partial charge < -0.3 is 5.73 Å². The molecule has 1 amide bonds. The lowest BCUT2D eigenvalue weighted by Crippen LogP contribution is -2.49. The number of hydrogen-bond donors (Lipinski definition) is 2. The van der Waals surface area contributed by atoms with Crippen LogP contribution in [0, 0.1) is 11.3 Å². The van der Waals surface area contributed by atoms with Gasteiger partial charge in [-0.15, -0.1) is 11.3 Å². The molecule has 10 heteroatoms. The Morgan fingerprint density at radius 2 is 1.91 bits per heavy atom. The van der Waals surface area contributed by atoms with E-state index in [2.05, 4.69) is 0 Å². The molecular formula is C24H36N5O4S+. The minimum Gasteiger partial charge on any atom is -0.402 e. The third-order valence-corrected chi connectivity index (χ3v) is 7.14. The number of fused-ring (bicyclic) bond motifs is 1. The summed E-state index contributed by atoms with van der Waals surface area (Å²) in [6, 6.07) is 0. The van der Waals surface area contributed by atoms with Crippen LogP contribution in [0.3, 0.4) is 0 Å². The molecule has 1 fully saturated rings. The van der Waals surface area contributed by atoms with Gasteiger partial charge in [0.15, 0.2) is 5.71 Å². The summed E-state index contributed by atoms with van der Waals surface area (Å²) in [5.41, 5.74) is 7.16. The number of carbonyl (C=O) groups excluding carboxylic acids is 1. The predicted molar refractivity (Wildman–Crippen MR) is 135 cm³/mol. The summed E-state index contributed by atoms with van der Waals surface area (Å²) in [5, 5.41) is 8.05. The van der Waals surface area contributed by atoms with Crippen molar-refractivity contribution in [1.29, 1.82) is 0 Å². The van der Waals surface area contributed by atoms with Crippen LogP contribution < -0.4 is 22.4 Å². The number of hydroxylamine groups is 2. The first-order valence-electron chi connectivity index (χ1n) is 11.5. The topological polar surface area (TPSA) is 125 Å². The van der Waals surface area contributed by atoms with Gasteiger partial charge in [-0.3, -0.25) is 29.0 Å². The van der Waals surface area contributed by atoms with Gasteiger partial charge in [-0.05, 0) is 19.3 Å². The Hall–Kier alpha value is -2.72. The minimum atomic E-state index is -0.493. The molecule has 2 aromatic rings. The zero-order chi connectivity index (χ0) is 25.5. The van der Waals surface area contributed by atoms with Crippen LogP contribution in [0.25, 0.3) is 10.2 Å². The maximum atomic E-state index is 13.6. The minimum absolute atomic E-state index is 0.164. The van der Waals surface area contributed by atoms with Crippen molar-refractivity contribution < 1.29 is 15.0 Å². The number of hydrogen-bond acceptors (Lipinski definition) is 6. The molecule has 3 heterocycles. The third kappa shape index (κ3) is 4.74. The van der Waals surface area contributed by atoms with Gasteiger partial charge in [0.25, 0.3) is 11.5 Å². The number of thiophene rings is 1. The van der Waals surface area contributed by atoms with Gasteiger partial charge in [0.1, 0.15) is 4.83 Å². The molecule has 1 aliphatic heterocycles. The molecule has 3 rings (SSSR count). The molecule has 0 atom stereocenters. The summed E-state index contributed by atoms with van der Waals surface area (Å²) in [5.74, 6) is -0.217. The van der Waals surface area contributed by atoms with Crippen LogP contribution in [0.4, 0.5) is 0 Å². The molecule has 186 valence electrons. The predicted octanol–water partition coefficient (Wildman–Crippen LogP) is 1.22. The summed E-state index contributed by atoms with van der Waals surface area (Å²) in [4.78, 5) is 46.6. The second kappa shape index (κ2) is 9.50. The van der Waals surface area contributed by atoms with Crippen LogP contribution in [-0.2, 0) is 24.9 Å². The maximum Gasteiger partial charge on any atom is 0.331 e. The number of allylic oxidation sites excluding steroid dienone is 2. The van der Waals surface area contributed by atoms with Gasteiger partial charge in [0.2, 0.25) is 0 Å². The number of rotatable bonds is 6. The van der Waals surface area contributed by atoms with Crippen molar-refractivity contribution in [2.45, 2.75) is 60.9 Å². The van der Waals surface area contributed by atoms with Crippen molar-refractivity contribution >= 4 is 33.2 Å². The van der Waals surface area contributed by atoms with E-state index in [1.807, 2.05) is 34.6 Å². The van der Waals surface area contributed by atoms with Crippen LogP contribution in [0.2, 0.25) is 0 Å². The fourth-order valence-electron chi connectivity index (χ4n) is 4.05. The highest BCUT2D eigenvalue weighted by Gasteiger charge is 2.34. The van der Waals surface area contributed by atoms with E-state index in [0.29, 0.717) is 40.8 Å². The zero-order valence-electron chi connectivity index (χ0n) is 21.2. The van der Waals surface area contributed by atoms with Gasteiger partial charge in [0.05, 0.1) is 24.1 Å². The second-order valence-electron chi connectivity index (χ2n) is 10.3. The van der Waals surface area contributed by atoms with Crippen molar-refractivity contribution in [2.24, 2.45) is 24.1 Å². The lowest BCUT2D eigenvalue weighted by Gasteiger charge is -2.19. The fraction of sp³-hybridized carbons (Fsp3) is 0.583. The highest BCUT2D eigenvalue weighted by Crippen LogP contribution is 2.34. The molecule has 0 aliphatic carbocycles. The molecular weight excluding hydrogens is 454 g/mol. The van der Waals surface area contributed by atoms with Crippen molar-refractivity contribution in [3.8, 4) is 0 Å². The zero-order valence-corrected chi connectivity index (χ0v) is 22.0. The average molecular weight is 491 g/mol. The first kappa shape index (κ1) is 25.9. The fourth-order valence-corrected chi connectivity index (χ4v) is 5.34. The van der Waals surface area contributed by atoms with E-state index in [-0.39, 0.29) is 34.6 Å². The Kier molecular flexibility index (Phi) is 7.23. The lowest BCUT2D eigenvalue weighted by atomic mass is 9.83. The summed E-state index contributed by atoms with van der Waals surface area (Å²) < 4.78 is 2.66. The summed E-state index contributed by atoms with van der Waals surface area (Å²) in [7, 11) is 1.44. The van der Waals surface area contributed by atoms with E-state index in [1.165, 1.54) is 23.4 Å². The third-order valence-electron chi connectivity index (χ3n) is 5.93. The molecule has 0 aromatic carbocycles. The first-order valence-corrected chi connectivity index (χ1v) is 12.4. The first-order chi connectivity index (χ1) is 15.8. The van der Waals surface area contributed by atoms with Crippen molar-refractivity contribution in [1.82, 2.24) is 14.2 Å². The van der Waals surface area contributed by atoms with Crippen LogP contribution in [0.1, 0.15) is 63.2 Å². The number of carbonyl (C=O) groups is 1. The maximum absolute atomic E-state index is 13.6. The highest BCUT2D eigenvalue weighted by molar-refractivity contribution is 7.19. The standard InChI is InChI=1S/C24H35N5O4S/c1-13(2)12-28-22-18(20(30)27(7)23(28)32)17(21(31)29-9-8-10-33-29)16(34-22)11-15(14(3)25)19(26)24(4,5)6/h13,26H,8-12,25H2,1-7H3/p+1/b15-14-,26-19?. The average Bonchev–Trinajstić information content (AvgIpc) is 3.39. The molecule has 1 saturated heterocycles. The van der Waals surface area contributed by atoms with Crippen LogP contribution in [0.15, 0.2) is 20.9 Å². The van der Waals surface area contributed by atoms with Crippen molar-refractivity contribution in [3.63, 3.8) is 0 Å². The van der Waals surface area contributed by atoms with Crippen LogP contribution in [-0.4, -0.2) is 39.0 Å². The van der Waals surface area contributed by atoms with E-state index in [0.717, 1.165) is 16.6 Å². The quantitative estimate of drug-likeness (QED) is 0.589.